The van der Waals surface area contributed by atoms with E-state index in [4.69, 9.17) is 5.73 Å². The van der Waals surface area contributed by atoms with Gasteiger partial charge in [0.2, 0.25) is 0 Å². The minimum atomic E-state index is -0.0875. The summed E-state index contributed by atoms with van der Waals surface area (Å²) >= 11 is 0. The van der Waals surface area contributed by atoms with Crippen molar-refractivity contribution in [2.45, 2.75) is 12.5 Å². The maximum atomic E-state index is 6.53. The molecule has 0 saturated heterocycles. The van der Waals surface area contributed by atoms with E-state index in [-0.39, 0.29) is 6.04 Å². The summed E-state index contributed by atoms with van der Waals surface area (Å²) in [6, 6.07) is 16.4. The number of aromatic nitrogens is 3. The van der Waals surface area contributed by atoms with Gasteiger partial charge in [0.15, 0.2) is 0 Å². The summed E-state index contributed by atoms with van der Waals surface area (Å²) in [7, 11) is 0. The van der Waals surface area contributed by atoms with Crippen molar-refractivity contribution in [3.63, 3.8) is 0 Å². The normalized spacial score (nSPS) is 12.6. The Morgan fingerprint density at radius 2 is 1.83 bits per heavy atom. The topological polar surface area (TPSA) is 70.5 Å². The van der Waals surface area contributed by atoms with Gasteiger partial charge < -0.3 is 15.7 Å². The zero-order valence-corrected chi connectivity index (χ0v) is 12.7. The number of nitrogens with two attached hydrogens (primary N) is 1. The van der Waals surface area contributed by atoms with E-state index in [1.165, 1.54) is 10.9 Å². The van der Waals surface area contributed by atoms with Crippen LogP contribution >= 0.6 is 0 Å². The molecule has 4 nitrogen and oxygen atoms in total. The Balaban J connectivity index is 1.69. The number of benzene rings is 2. The standard InChI is InChI=1S/C19H18N4/c20-17(11-13-12-23-18-8-4-3-5-14(13)18)15-6-1-2-7-16(15)19-21-9-10-22-19/h1-10,12,17,23H,11,20H2,(H,21,22). The first kappa shape index (κ1) is 13.8. The fourth-order valence-corrected chi connectivity index (χ4v) is 3.10. The Labute approximate surface area is 134 Å². The van der Waals surface area contributed by atoms with Crippen LogP contribution in [0, 0.1) is 0 Å². The number of hydrogen-bond donors (Lipinski definition) is 3. The molecule has 0 aliphatic heterocycles. The van der Waals surface area contributed by atoms with Gasteiger partial charge in [-0.3, -0.25) is 0 Å². The highest BCUT2D eigenvalue weighted by molar-refractivity contribution is 5.83. The molecule has 4 N–H and O–H groups in total. The Morgan fingerprint density at radius 1 is 1.00 bits per heavy atom. The zero-order chi connectivity index (χ0) is 15.6. The summed E-state index contributed by atoms with van der Waals surface area (Å²) in [5, 5.41) is 1.23. The first-order valence-corrected chi connectivity index (χ1v) is 7.72. The molecule has 4 rings (SSSR count). The monoisotopic (exact) mass is 302 g/mol. The van der Waals surface area contributed by atoms with E-state index in [0.717, 1.165) is 28.9 Å². The number of hydrogen-bond acceptors (Lipinski definition) is 2. The van der Waals surface area contributed by atoms with Crippen molar-refractivity contribution in [3.8, 4) is 11.4 Å². The van der Waals surface area contributed by atoms with Crippen LogP contribution in [-0.2, 0) is 6.42 Å². The van der Waals surface area contributed by atoms with Gasteiger partial charge in [0.1, 0.15) is 5.82 Å². The van der Waals surface area contributed by atoms with Crippen LogP contribution in [0.1, 0.15) is 17.2 Å². The SMILES string of the molecule is NC(Cc1c[nH]c2ccccc12)c1ccccc1-c1ncc[nH]1. The van der Waals surface area contributed by atoms with E-state index in [0.29, 0.717) is 0 Å². The minimum absolute atomic E-state index is 0.0875. The molecule has 0 amide bonds. The Kier molecular flexibility index (Phi) is 3.44. The van der Waals surface area contributed by atoms with E-state index in [2.05, 4.69) is 51.5 Å². The molecule has 0 aliphatic rings. The Hall–Kier alpha value is -2.85. The summed E-state index contributed by atoms with van der Waals surface area (Å²) in [6.07, 6.45) is 6.43. The molecule has 0 radical (unpaired) electrons. The zero-order valence-electron chi connectivity index (χ0n) is 12.7. The van der Waals surface area contributed by atoms with Gasteiger partial charge >= 0.3 is 0 Å². The molecule has 2 aromatic carbocycles. The molecule has 0 aliphatic carbocycles. The van der Waals surface area contributed by atoms with Gasteiger partial charge in [-0.2, -0.15) is 0 Å². The van der Waals surface area contributed by atoms with Crippen LogP contribution in [0.25, 0.3) is 22.3 Å². The number of nitrogens with one attached hydrogen (secondary N) is 2. The third-order valence-corrected chi connectivity index (χ3v) is 4.23. The molecule has 114 valence electrons. The van der Waals surface area contributed by atoms with E-state index >= 15 is 0 Å². The molecule has 2 heterocycles. The quantitative estimate of drug-likeness (QED) is 0.536. The van der Waals surface area contributed by atoms with Crippen LogP contribution < -0.4 is 5.73 Å². The molecular weight excluding hydrogens is 284 g/mol. The maximum Gasteiger partial charge on any atom is 0.137 e. The molecular formula is C19H18N4. The van der Waals surface area contributed by atoms with E-state index in [1.807, 2.05) is 24.4 Å². The number of imidazole rings is 1. The number of rotatable bonds is 4. The van der Waals surface area contributed by atoms with Crippen molar-refractivity contribution >= 4 is 10.9 Å². The fraction of sp³-hybridized carbons (Fsp3) is 0.105. The average molecular weight is 302 g/mol. The number of aromatic amines is 2. The molecule has 4 aromatic rings. The van der Waals surface area contributed by atoms with Gasteiger partial charge in [-0.1, -0.05) is 42.5 Å². The highest BCUT2D eigenvalue weighted by Crippen LogP contribution is 2.28. The van der Waals surface area contributed by atoms with Crippen molar-refractivity contribution in [2.75, 3.05) is 0 Å². The number of fused-ring (bicyclic) bond motifs is 1. The lowest BCUT2D eigenvalue weighted by Crippen LogP contribution is -2.14. The summed E-state index contributed by atoms with van der Waals surface area (Å²) in [6.45, 7) is 0. The second-order valence-corrected chi connectivity index (χ2v) is 5.70. The highest BCUT2D eigenvalue weighted by Gasteiger charge is 2.15. The second kappa shape index (κ2) is 5.74. The molecule has 23 heavy (non-hydrogen) atoms. The first-order chi connectivity index (χ1) is 11.3. The van der Waals surface area contributed by atoms with Crippen LogP contribution in [0.3, 0.4) is 0 Å². The van der Waals surface area contributed by atoms with Crippen LogP contribution in [0.4, 0.5) is 0 Å². The molecule has 0 spiro atoms. The van der Waals surface area contributed by atoms with Crippen molar-refractivity contribution in [1.82, 2.24) is 15.0 Å². The summed E-state index contributed by atoms with van der Waals surface area (Å²) < 4.78 is 0. The lowest BCUT2D eigenvalue weighted by atomic mass is 9.95. The lowest BCUT2D eigenvalue weighted by Gasteiger charge is -2.15. The van der Waals surface area contributed by atoms with Gasteiger partial charge in [0.05, 0.1) is 0 Å². The predicted octanol–water partition coefficient (Wildman–Crippen LogP) is 3.80. The summed E-state index contributed by atoms with van der Waals surface area (Å²) in [4.78, 5) is 10.8. The molecule has 0 bridgehead atoms. The largest absolute Gasteiger partial charge is 0.361 e. The van der Waals surface area contributed by atoms with Crippen LogP contribution in [-0.4, -0.2) is 15.0 Å². The van der Waals surface area contributed by atoms with Crippen LogP contribution in [0.15, 0.2) is 67.1 Å². The lowest BCUT2D eigenvalue weighted by molar-refractivity contribution is 0.726. The summed E-state index contributed by atoms with van der Waals surface area (Å²) in [5.41, 5.74) is 11.1. The van der Waals surface area contributed by atoms with Gasteiger partial charge in [-0.25, -0.2) is 4.98 Å². The third-order valence-electron chi connectivity index (χ3n) is 4.23. The van der Waals surface area contributed by atoms with Crippen LogP contribution in [0.5, 0.6) is 0 Å². The first-order valence-electron chi connectivity index (χ1n) is 7.72. The molecule has 1 atom stereocenters. The van der Waals surface area contributed by atoms with Crippen molar-refractivity contribution in [1.29, 1.82) is 0 Å². The third kappa shape index (κ3) is 2.53. The summed E-state index contributed by atoms with van der Waals surface area (Å²) in [5.74, 6) is 0.856. The molecule has 1 unspecified atom stereocenters. The maximum absolute atomic E-state index is 6.53. The minimum Gasteiger partial charge on any atom is -0.361 e. The number of para-hydroxylation sites is 1. The van der Waals surface area contributed by atoms with Gasteiger partial charge in [0.25, 0.3) is 0 Å². The van der Waals surface area contributed by atoms with E-state index in [9.17, 15) is 0 Å². The molecule has 4 heteroatoms. The number of nitrogens with zero attached hydrogens (tertiary/aromatic N) is 1. The van der Waals surface area contributed by atoms with Gasteiger partial charge in [0, 0.05) is 41.1 Å². The van der Waals surface area contributed by atoms with Crippen LogP contribution in [0.2, 0.25) is 0 Å². The van der Waals surface area contributed by atoms with Crippen molar-refractivity contribution in [2.24, 2.45) is 5.73 Å². The second-order valence-electron chi connectivity index (χ2n) is 5.70. The Bertz CT molecular complexity index is 921. The average Bonchev–Trinajstić information content (AvgIpc) is 3.25. The highest BCUT2D eigenvalue weighted by atomic mass is 14.9. The predicted molar refractivity (Wildman–Crippen MR) is 93.0 cm³/mol. The van der Waals surface area contributed by atoms with Gasteiger partial charge in [-0.05, 0) is 23.6 Å². The fourth-order valence-electron chi connectivity index (χ4n) is 3.10. The molecule has 0 saturated carbocycles. The smallest absolute Gasteiger partial charge is 0.137 e. The van der Waals surface area contributed by atoms with Crippen molar-refractivity contribution < 1.29 is 0 Å². The van der Waals surface area contributed by atoms with E-state index < -0.39 is 0 Å². The molecule has 2 aromatic heterocycles. The Morgan fingerprint density at radius 3 is 2.70 bits per heavy atom. The van der Waals surface area contributed by atoms with Crippen molar-refractivity contribution in [3.05, 3.63) is 78.2 Å². The number of H-pyrrole nitrogens is 2. The van der Waals surface area contributed by atoms with E-state index in [1.54, 1.807) is 6.20 Å². The molecule has 0 fully saturated rings. The van der Waals surface area contributed by atoms with Gasteiger partial charge in [-0.15, -0.1) is 0 Å².